The van der Waals surface area contributed by atoms with Crippen LogP contribution in [0.3, 0.4) is 0 Å². The summed E-state index contributed by atoms with van der Waals surface area (Å²) < 4.78 is 0. The fourth-order valence-electron chi connectivity index (χ4n) is 1.02. The van der Waals surface area contributed by atoms with Gasteiger partial charge in [-0.2, -0.15) is 0 Å². The highest BCUT2D eigenvalue weighted by molar-refractivity contribution is 8.03. The van der Waals surface area contributed by atoms with Crippen LogP contribution in [-0.4, -0.2) is 0 Å². The highest BCUT2D eigenvalue weighted by Gasteiger charge is 1.97. The molecule has 0 aromatic heterocycles. The number of aryl methyl sites for hydroxylation is 1. The zero-order chi connectivity index (χ0) is 10.4. The Morgan fingerprint density at radius 1 is 1.36 bits per heavy atom. The van der Waals surface area contributed by atoms with Gasteiger partial charge in [-0.3, -0.25) is 0 Å². The van der Waals surface area contributed by atoms with E-state index in [0.29, 0.717) is 0 Å². The first kappa shape index (κ1) is 10.9. The summed E-state index contributed by atoms with van der Waals surface area (Å²) in [6, 6.07) is 8.29. The van der Waals surface area contributed by atoms with Gasteiger partial charge in [0.1, 0.15) is 0 Å². The van der Waals surface area contributed by atoms with Gasteiger partial charge in [0, 0.05) is 9.80 Å². The van der Waals surface area contributed by atoms with E-state index in [1.165, 1.54) is 10.5 Å². The number of thioether (sulfide) groups is 1. The first-order valence-electron chi connectivity index (χ1n) is 4.45. The van der Waals surface area contributed by atoms with Gasteiger partial charge < -0.3 is 0 Å². The molecule has 1 rings (SSSR count). The Bertz CT molecular complexity index is 361. The number of hydrogen-bond donors (Lipinski definition) is 0. The maximum absolute atomic E-state index is 3.96. The molecule has 1 heteroatoms. The highest BCUT2D eigenvalue weighted by Crippen LogP contribution is 2.28. The minimum atomic E-state index is 1.03. The van der Waals surface area contributed by atoms with Gasteiger partial charge in [-0.1, -0.05) is 55.3 Å². The topological polar surface area (TPSA) is 0 Å². The number of allylic oxidation sites excluding steroid dienone is 3. The molecule has 0 unspecified atom stereocenters. The first-order valence-corrected chi connectivity index (χ1v) is 5.27. The largest absolute Gasteiger partial charge is 0.0991 e. The molecule has 0 aliphatic heterocycles. The second kappa shape index (κ2) is 5.51. The van der Waals surface area contributed by atoms with Crippen LogP contribution in [-0.2, 0) is 0 Å². The van der Waals surface area contributed by atoms with Crippen molar-refractivity contribution < 1.29 is 0 Å². The second-order valence-corrected chi connectivity index (χ2v) is 4.10. The van der Waals surface area contributed by atoms with Gasteiger partial charge in [-0.15, -0.1) is 0 Å². The van der Waals surface area contributed by atoms with Crippen LogP contribution in [0.5, 0.6) is 0 Å². The first-order chi connectivity index (χ1) is 6.74. The standard InChI is InChI=1S/C13H14S/c1-4-5-9-12(3)14-13-10-7-6-8-11(13)2/h4-10H,1,3H2,2H3/b9-5-. The van der Waals surface area contributed by atoms with Crippen LogP contribution in [0.25, 0.3) is 0 Å². The van der Waals surface area contributed by atoms with Crippen LogP contribution in [0.2, 0.25) is 0 Å². The third-order valence-corrected chi connectivity index (χ3v) is 2.83. The molecule has 72 valence electrons. The zero-order valence-electron chi connectivity index (χ0n) is 8.36. The SMILES string of the molecule is C=C/C=C\C(=C)Sc1ccccc1C. The summed E-state index contributed by atoms with van der Waals surface area (Å²) in [6.45, 7) is 9.68. The fraction of sp³-hybridized carbons (Fsp3) is 0.0769. The predicted octanol–water partition coefficient (Wildman–Crippen LogP) is 4.34. The Morgan fingerprint density at radius 3 is 2.71 bits per heavy atom. The Labute approximate surface area is 90.0 Å². The van der Waals surface area contributed by atoms with Crippen molar-refractivity contribution in [3.05, 3.63) is 66.1 Å². The molecule has 0 nitrogen and oxygen atoms in total. The van der Waals surface area contributed by atoms with Crippen LogP contribution in [0.4, 0.5) is 0 Å². The quantitative estimate of drug-likeness (QED) is 0.517. The average molecular weight is 202 g/mol. The molecule has 0 saturated carbocycles. The third-order valence-electron chi connectivity index (χ3n) is 1.75. The Hall–Kier alpha value is -1.21. The Kier molecular flexibility index (Phi) is 4.27. The van der Waals surface area contributed by atoms with E-state index in [1.807, 2.05) is 24.3 Å². The summed E-state index contributed by atoms with van der Waals surface area (Å²) in [5.74, 6) is 0. The minimum absolute atomic E-state index is 1.03. The van der Waals surface area contributed by atoms with E-state index < -0.39 is 0 Å². The van der Waals surface area contributed by atoms with Crippen molar-refractivity contribution in [1.29, 1.82) is 0 Å². The molecule has 0 radical (unpaired) electrons. The maximum Gasteiger partial charge on any atom is 0.0151 e. The molecule has 1 aromatic carbocycles. The number of rotatable bonds is 4. The van der Waals surface area contributed by atoms with Gasteiger partial charge >= 0.3 is 0 Å². The van der Waals surface area contributed by atoms with Crippen molar-refractivity contribution in [3.63, 3.8) is 0 Å². The van der Waals surface area contributed by atoms with E-state index in [0.717, 1.165) is 4.91 Å². The summed E-state index contributed by atoms with van der Waals surface area (Å²) in [4.78, 5) is 2.28. The van der Waals surface area contributed by atoms with Crippen molar-refractivity contribution in [3.8, 4) is 0 Å². The number of hydrogen-bond acceptors (Lipinski definition) is 1. The maximum atomic E-state index is 3.96. The van der Waals surface area contributed by atoms with Crippen molar-refractivity contribution in [1.82, 2.24) is 0 Å². The third kappa shape index (κ3) is 3.27. The molecule has 14 heavy (non-hydrogen) atoms. The van der Waals surface area contributed by atoms with Crippen LogP contribution in [0.1, 0.15) is 5.56 Å². The lowest BCUT2D eigenvalue weighted by molar-refractivity contribution is 1.31. The molecular weight excluding hydrogens is 188 g/mol. The molecule has 0 spiro atoms. The number of benzene rings is 1. The predicted molar refractivity (Wildman–Crippen MR) is 65.5 cm³/mol. The van der Waals surface area contributed by atoms with E-state index in [1.54, 1.807) is 17.8 Å². The van der Waals surface area contributed by atoms with Crippen molar-refractivity contribution in [2.45, 2.75) is 11.8 Å². The molecule has 0 atom stereocenters. The lowest BCUT2D eigenvalue weighted by Crippen LogP contribution is -1.77. The van der Waals surface area contributed by atoms with Gasteiger partial charge in [0.2, 0.25) is 0 Å². The lowest BCUT2D eigenvalue weighted by Gasteiger charge is -2.03. The van der Waals surface area contributed by atoms with E-state index >= 15 is 0 Å². The fourth-order valence-corrected chi connectivity index (χ4v) is 1.83. The Morgan fingerprint density at radius 2 is 2.07 bits per heavy atom. The Balaban J connectivity index is 2.69. The van der Waals surface area contributed by atoms with Gasteiger partial charge in [0.25, 0.3) is 0 Å². The van der Waals surface area contributed by atoms with Crippen molar-refractivity contribution in [2.24, 2.45) is 0 Å². The smallest absolute Gasteiger partial charge is 0.0151 e. The van der Waals surface area contributed by atoms with Gasteiger partial charge in [0.15, 0.2) is 0 Å². The molecular formula is C13H14S. The molecule has 0 heterocycles. The van der Waals surface area contributed by atoms with Gasteiger partial charge in [0.05, 0.1) is 0 Å². The van der Waals surface area contributed by atoms with Crippen LogP contribution in [0, 0.1) is 6.92 Å². The van der Waals surface area contributed by atoms with Crippen molar-refractivity contribution >= 4 is 11.8 Å². The molecule has 1 aromatic rings. The summed E-state index contributed by atoms with van der Waals surface area (Å²) in [5, 5.41) is 0. The van der Waals surface area contributed by atoms with E-state index in [2.05, 4.69) is 32.2 Å². The molecule has 0 N–H and O–H groups in total. The molecule has 0 bridgehead atoms. The summed E-state index contributed by atoms with van der Waals surface area (Å²) in [7, 11) is 0. The molecule has 0 amide bonds. The monoisotopic (exact) mass is 202 g/mol. The van der Waals surface area contributed by atoms with Gasteiger partial charge in [-0.05, 0) is 24.6 Å². The summed E-state index contributed by atoms with van der Waals surface area (Å²) >= 11 is 1.68. The van der Waals surface area contributed by atoms with E-state index in [4.69, 9.17) is 0 Å². The summed E-state index contributed by atoms with van der Waals surface area (Å²) in [5.41, 5.74) is 1.28. The van der Waals surface area contributed by atoms with Crippen molar-refractivity contribution in [2.75, 3.05) is 0 Å². The van der Waals surface area contributed by atoms with Crippen LogP contribution in [0.15, 0.2) is 65.5 Å². The highest BCUT2D eigenvalue weighted by atomic mass is 32.2. The minimum Gasteiger partial charge on any atom is -0.0991 e. The van der Waals surface area contributed by atoms with Crippen LogP contribution < -0.4 is 0 Å². The molecule has 0 aliphatic rings. The van der Waals surface area contributed by atoms with Gasteiger partial charge in [-0.25, -0.2) is 0 Å². The average Bonchev–Trinajstić information content (AvgIpc) is 2.18. The zero-order valence-corrected chi connectivity index (χ0v) is 9.18. The molecule has 0 fully saturated rings. The van der Waals surface area contributed by atoms with E-state index in [-0.39, 0.29) is 0 Å². The molecule has 0 aliphatic carbocycles. The second-order valence-electron chi connectivity index (χ2n) is 2.93. The summed E-state index contributed by atoms with van der Waals surface area (Å²) in [6.07, 6.45) is 5.61. The van der Waals surface area contributed by atoms with Crippen LogP contribution >= 0.6 is 11.8 Å². The lowest BCUT2D eigenvalue weighted by atomic mass is 10.2. The van der Waals surface area contributed by atoms with E-state index in [9.17, 15) is 0 Å². The molecule has 0 saturated heterocycles. The normalized spacial score (nSPS) is 10.4.